The minimum absolute atomic E-state index is 0.129. The van der Waals surface area contributed by atoms with E-state index in [-0.39, 0.29) is 6.54 Å². The van der Waals surface area contributed by atoms with Gasteiger partial charge < -0.3 is 20.9 Å². The van der Waals surface area contributed by atoms with Crippen LogP contribution in [0.1, 0.15) is 41.5 Å². The molecule has 0 aliphatic rings. The smallest absolute Gasteiger partial charge is 0.369 e. The summed E-state index contributed by atoms with van der Waals surface area (Å²) in [6.45, 7) is 9.58. The SMILES string of the molecule is CC(C)(C)C(=O)OC(N)(CN)C(=O)OC(N)(CN)C(C)(C)C. The van der Waals surface area contributed by atoms with Gasteiger partial charge >= 0.3 is 11.9 Å². The average molecular weight is 318 g/mol. The summed E-state index contributed by atoms with van der Waals surface area (Å²) in [5.41, 5.74) is 17.9. The van der Waals surface area contributed by atoms with Crippen molar-refractivity contribution in [3.63, 3.8) is 0 Å². The average Bonchev–Trinajstić information content (AvgIpc) is 2.35. The van der Waals surface area contributed by atoms with Crippen molar-refractivity contribution in [2.45, 2.75) is 53.0 Å². The molecule has 0 aliphatic heterocycles. The molecule has 2 unspecified atom stereocenters. The van der Waals surface area contributed by atoms with Crippen LogP contribution < -0.4 is 22.9 Å². The molecule has 0 bridgehead atoms. The quantitative estimate of drug-likeness (QED) is 0.386. The zero-order valence-corrected chi connectivity index (χ0v) is 14.4. The van der Waals surface area contributed by atoms with E-state index in [1.54, 1.807) is 41.5 Å². The number of esters is 2. The second-order valence-corrected chi connectivity index (χ2v) is 7.47. The van der Waals surface area contributed by atoms with Crippen LogP contribution in [0.25, 0.3) is 0 Å². The molecule has 0 radical (unpaired) electrons. The fourth-order valence-electron chi connectivity index (χ4n) is 1.24. The maximum absolute atomic E-state index is 12.3. The van der Waals surface area contributed by atoms with Crippen molar-refractivity contribution in [3.05, 3.63) is 0 Å². The van der Waals surface area contributed by atoms with Crippen LogP contribution in [0.5, 0.6) is 0 Å². The molecule has 2 atom stereocenters. The van der Waals surface area contributed by atoms with E-state index in [0.717, 1.165) is 0 Å². The van der Waals surface area contributed by atoms with Gasteiger partial charge in [0.25, 0.3) is 5.72 Å². The molecular weight excluding hydrogens is 288 g/mol. The Morgan fingerprint density at radius 2 is 1.27 bits per heavy atom. The molecule has 0 heterocycles. The monoisotopic (exact) mass is 318 g/mol. The first-order chi connectivity index (χ1) is 9.63. The number of rotatable bonds is 5. The van der Waals surface area contributed by atoms with Gasteiger partial charge in [0, 0.05) is 12.0 Å². The highest BCUT2D eigenvalue weighted by atomic mass is 16.6. The van der Waals surface area contributed by atoms with Gasteiger partial charge in [0.2, 0.25) is 0 Å². The highest BCUT2D eigenvalue weighted by Crippen LogP contribution is 2.30. The minimum atomic E-state index is -2.12. The van der Waals surface area contributed by atoms with Crippen LogP contribution in [0.2, 0.25) is 0 Å². The van der Waals surface area contributed by atoms with Crippen molar-refractivity contribution in [2.75, 3.05) is 13.1 Å². The van der Waals surface area contributed by atoms with Gasteiger partial charge in [0.15, 0.2) is 5.72 Å². The third-order valence-corrected chi connectivity index (χ3v) is 3.38. The molecule has 0 spiro atoms. The second kappa shape index (κ2) is 6.49. The standard InChI is InChI=1S/C14H30N4O4/c1-11(2,3)9(19)21-13(17,7-15)10(20)22-14(18,8-16)12(4,5)6/h7-8,15-18H2,1-6H3. The zero-order chi connectivity index (χ0) is 18.0. The van der Waals surface area contributed by atoms with E-state index < -0.39 is 40.8 Å². The molecule has 0 rings (SSSR count). The summed E-state index contributed by atoms with van der Waals surface area (Å²) in [7, 11) is 0. The second-order valence-electron chi connectivity index (χ2n) is 7.47. The van der Waals surface area contributed by atoms with Crippen LogP contribution in [0.3, 0.4) is 0 Å². The first-order valence-electron chi connectivity index (χ1n) is 7.08. The van der Waals surface area contributed by atoms with Crippen LogP contribution >= 0.6 is 0 Å². The van der Waals surface area contributed by atoms with Crippen LogP contribution in [-0.2, 0) is 19.1 Å². The Kier molecular flexibility index (Phi) is 6.13. The Morgan fingerprint density at radius 3 is 1.55 bits per heavy atom. The normalized spacial score (nSPS) is 18.1. The summed E-state index contributed by atoms with van der Waals surface area (Å²) < 4.78 is 10.3. The van der Waals surface area contributed by atoms with Crippen molar-refractivity contribution in [1.29, 1.82) is 0 Å². The van der Waals surface area contributed by atoms with Gasteiger partial charge in [0.05, 0.1) is 12.0 Å². The van der Waals surface area contributed by atoms with Gasteiger partial charge in [-0.1, -0.05) is 20.8 Å². The number of ether oxygens (including phenoxy) is 2. The van der Waals surface area contributed by atoms with Gasteiger partial charge in [-0.25, -0.2) is 4.79 Å². The fraction of sp³-hybridized carbons (Fsp3) is 0.857. The minimum Gasteiger partial charge on any atom is -0.438 e. The van der Waals surface area contributed by atoms with E-state index in [1.165, 1.54) is 0 Å². The lowest BCUT2D eigenvalue weighted by Crippen LogP contribution is -2.66. The number of hydrogen-bond acceptors (Lipinski definition) is 8. The Labute approximate surface area is 131 Å². The zero-order valence-electron chi connectivity index (χ0n) is 14.4. The summed E-state index contributed by atoms with van der Waals surface area (Å²) in [4.78, 5) is 24.3. The van der Waals surface area contributed by atoms with Crippen molar-refractivity contribution >= 4 is 11.9 Å². The summed E-state index contributed by atoms with van der Waals surface area (Å²) in [5, 5.41) is 0. The van der Waals surface area contributed by atoms with Crippen molar-refractivity contribution in [1.82, 2.24) is 0 Å². The Bertz CT molecular complexity index is 428. The molecule has 0 aromatic rings. The summed E-state index contributed by atoms with van der Waals surface area (Å²) >= 11 is 0. The third kappa shape index (κ3) is 4.64. The molecule has 0 aliphatic carbocycles. The van der Waals surface area contributed by atoms with E-state index in [9.17, 15) is 9.59 Å². The highest BCUT2D eigenvalue weighted by Gasteiger charge is 2.48. The lowest BCUT2D eigenvalue weighted by atomic mass is 9.83. The lowest BCUT2D eigenvalue weighted by Gasteiger charge is -2.41. The van der Waals surface area contributed by atoms with E-state index >= 15 is 0 Å². The number of carbonyl (C=O) groups is 2. The fourth-order valence-corrected chi connectivity index (χ4v) is 1.24. The molecular formula is C14H30N4O4. The Balaban J connectivity index is 5.33. The van der Waals surface area contributed by atoms with Gasteiger partial charge in [-0.3, -0.25) is 16.3 Å². The molecule has 0 saturated carbocycles. The first kappa shape index (κ1) is 20.8. The maximum atomic E-state index is 12.3. The predicted octanol–water partition coefficient (Wildman–Crippen LogP) is -0.608. The summed E-state index contributed by atoms with van der Waals surface area (Å²) in [6.07, 6.45) is 0. The molecule has 0 saturated heterocycles. The van der Waals surface area contributed by atoms with Gasteiger partial charge in [-0.05, 0) is 20.8 Å². The third-order valence-electron chi connectivity index (χ3n) is 3.38. The molecule has 130 valence electrons. The van der Waals surface area contributed by atoms with Crippen LogP contribution in [-0.4, -0.2) is 36.5 Å². The van der Waals surface area contributed by atoms with Gasteiger partial charge in [-0.2, -0.15) is 0 Å². The number of hydrogen-bond donors (Lipinski definition) is 4. The van der Waals surface area contributed by atoms with E-state index in [1.807, 2.05) is 0 Å². The van der Waals surface area contributed by atoms with Crippen molar-refractivity contribution < 1.29 is 19.1 Å². The first-order valence-corrected chi connectivity index (χ1v) is 7.08. The van der Waals surface area contributed by atoms with Gasteiger partial charge in [0.1, 0.15) is 0 Å². The number of nitrogens with two attached hydrogens (primary N) is 4. The van der Waals surface area contributed by atoms with E-state index in [2.05, 4.69) is 0 Å². The molecule has 0 amide bonds. The molecule has 8 heteroatoms. The van der Waals surface area contributed by atoms with E-state index in [4.69, 9.17) is 32.4 Å². The largest absolute Gasteiger partial charge is 0.438 e. The van der Waals surface area contributed by atoms with Crippen molar-refractivity contribution in [2.24, 2.45) is 33.8 Å². The molecule has 22 heavy (non-hydrogen) atoms. The van der Waals surface area contributed by atoms with Crippen LogP contribution in [0.15, 0.2) is 0 Å². The van der Waals surface area contributed by atoms with Crippen LogP contribution in [0.4, 0.5) is 0 Å². The lowest BCUT2D eigenvalue weighted by molar-refractivity contribution is -0.203. The Hall–Kier alpha value is -1.22. The predicted molar refractivity (Wildman–Crippen MR) is 83.0 cm³/mol. The molecule has 0 aromatic carbocycles. The molecule has 0 aromatic heterocycles. The molecule has 8 nitrogen and oxygen atoms in total. The van der Waals surface area contributed by atoms with Crippen molar-refractivity contribution in [3.8, 4) is 0 Å². The topological polar surface area (TPSA) is 157 Å². The molecule has 0 fully saturated rings. The number of carbonyl (C=O) groups excluding carboxylic acids is 2. The Morgan fingerprint density at radius 1 is 0.818 bits per heavy atom. The molecule has 8 N–H and O–H groups in total. The highest BCUT2D eigenvalue weighted by molar-refractivity contribution is 5.85. The maximum Gasteiger partial charge on any atom is 0.369 e. The van der Waals surface area contributed by atoms with Crippen LogP contribution in [0, 0.1) is 10.8 Å². The van der Waals surface area contributed by atoms with Gasteiger partial charge in [-0.15, -0.1) is 0 Å². The summed E-state index contributed by atoms with van der Waals surface area (Å²) in [5.74, 6) is -1.71. The summed E-state index contributed by atoms with van der Waals surface area (Å²) in [6, 6.07) is 0. The van der Waals surface area contributed by atoms with E-state index in [0.29, 0.717) is 0 Å².